The smallest absolute Gasteiger partial charge is 0.280 e. The fourth-order valence-corrected chi connectivity index (χ4v) is 6.54. The summed E-state index contributed by atoms with van der Waals surface area (Å²) in [6.07, 6.45) is 55.9. The maximum absolute atomic E-state index is 6.59. The minimum absolute atomic E-state index is 0.180. The van der Waals surface area contributed by atoms with Gasteiger partial charge in [-0.3, -0.25) is 0 Å². The lowest BCUT2D eigenvalue weighted by atomic mass is 10.0. The molecule has 2 atom stereocenters. The quantitative estimate of drug-likeness (QED) is 0.0496. The number of hydrogen-bond acceptors (Lipinski definition) is 3. The predicted octanol–water partition coefficient (Wildman–Crippen LogP) is 15.1. The van der Waals surface area contributed by atoms with Gasteiger partial charge in [-0.05, 0) is 83.5 Å². The third kappa shape index (κ3) is 28.7. The first-order valence-corrected chi connectivity index (χ1v) is 21.2. The van der Waals surface area contributed by atoms with Gasteiger partial charge in [-0.2, -0.15) is 0 Å². The molecule has 0 aliphatic carbocycles. The van der Waals surface area contributed by atoms with Gasteiger partial charge in [-0.25, -0.2) is 0 Å². The Kier molecular flexibility index (Phi) is 32.1. The van der Waals surface area contributed by atoms with Crippen molar-refractivity contribution >= 4 is 0 Å². The largest absolute Gasteiger partial charge is 0.325 e. The number of hydrogen-bond donors (Lipinski definition) is 0. The molecule has 3 heteroatoms. The summed E-state index contributed by atoms with van der Waals surface area (Å²) in [5.41, 5.74) is 0. The molecule has 48 heavy (non-hydrogen) atoms. The Balaban J connectivity index is 2.21. The topological polar surface area (TPSA) is 27.7 Å². The molecule has 0 aromatic carbocycles. The molecule has 1 rings (SSSR count). The maximum Gasteiger partial charge on any atom is 0.280 e. The lowest BCUT2D eigenvalue weighted by Gasteiger charge is -2.29. The van der Waals surface area contributed by atoms with Crippen molar-refractivity contribution in [3.8, 4) is 0 Å². The summed E-state index contributed by atoms with van der Waals surface area (Å²) in [7, 11) is 0. The molecule has 3 nitrogen and oxygen atoms in total. The Hall–Kier alpha value is -1.16. The number of allylic oxidation sites excluding steroid dienone is 8. The summed E-state index contributed by atoms with van der Waals surface area (Å²) in [6.45, 7) is 9.44. The first-order chi connectivity index (χ1) is 23.6. The van der Waals surface area contributed by atoms with E-state index < -0.39 is 5.97 Å². The van der Waals surface area contributed by atoms with Gasteiger partial charge in [0.05, 0.1) is 18.8 Å². The Morgan fingerprint density at radius 3 is 1.35 bits per heavy atom. The van der Waals surface area contributed by atoms with E-state index in [0.717, 1.165) is 32.1 Å². The Morgan fingerprint density at radius 1 is 0.521 bits per heavy atom. The second kappa shape index (κ2) is 34.3. The highest BCUT2D eigenvalue weighted by atomic mass is 16.9. The Bertz CT molecular complexity index is 735. The van der Waals surface area contributed by atoms with Gasteiger partial charge in [0.2, 0.25) is 0 Å². The first-order valence-electron chi connectivity index (χ1n) is 21.2. The van der Waals surface area contributed by atoms with Gasteiger partial charge in [0.25, 0.3) is 5.97 Å². The van der Waals surface area contributed by atoms with Gasteiger partial charge in [-0.1, -0.05) is 172 Å². The van der Waals surface area contributed by atoms with Crippen LogP contribution in [0.4, 0.5) is 0 Å². The first kappa shape index (κ1) is 44.9. The summed E-state index contributed by atoms with van der Waals surface area (Å²) >= 11 is 0. The zero-order chi connectivity index (χ0) is 34.6. The average Bonchev–Trinajstić information content (AvgIpc) is 3.46. The molecule has 1 aliphatic heterocycles. The average molecular weight is 671 g/mol. The van der Waals surface area contributed by atoms with Crippen LogP contribution in [0.2, 0.25) is 0 Å². The van der Waals surface area contributed by atoms with E-state index in [0.29, 0.717) is 6.61 Å². The zero-order valence-electron chi connectivity index (χ0n) is 32.7. The number of rotatable bonds is 35. The molecule has 0 radical (unpaired) electrons. The molecular formula is C45H82O3. The normalized spacial score (nSPS) is 18.7. The summed E-state index contributed by atoms with van der Waals surface area (Å²) in [5, 5.41) is 0. The number of unbranched alkanes of at least 4 members (excludes halogenated alkanes) is 19. The Morgan fingerprint density at radius 2 is 0.917 bits per heavy atom. The van der Waals surface area contributed by atoms with Crippen LogP contribution < -0.4 is 0 Å². The fraction of sp³-hybridized carbons (Fsp3) is 0.822. The van der Waals surface area contributed by atoms with Crippen molar-refractivity contribution in [1.29, 1.82) is 0 Å². The van der Waals surface area contributed by atoms with Gasteiger partial charge >= 0.3 is 0 Å². The van der Waals surface area contributed by atoms with Crippen LogP contribution in [0.5, 0.6) is 0 Å². The Labute approximate surface area is 300 Å². The second-order valence-corrected chi connectivity index (χ2v) is 14.5. The molecule has 0 N–H and O–H groups in total. The van der Waals surface area contributed by atoms with E-state index in [4.69, 9.17) is 14.2 Å². The molecule has 280 valence electrons. The molecule has 0 aromatic rings. The minimum atomic E-state index is -0.861. The third-order valence-electron chi connectivity index (χ3n) is 9.63. The predicted molar refractivity (Wildman–Crippen MR) is 212 cm³/mol. The van der Waals surface area contributed by atoms with E-state index in [2.05, 4.69) is 69.4 Å². The molecular weight excluding hydrogens is 588 g/mol. The SMILES string of the molecule is CCCCC/C=C\C/C=C\CCCCCCCCC(CCCCCCCC/C=C\C/C=C\CCCCC)OC1(C)OCC(CCCC)O1. The lowest BCUT2D eigenvalue weighted by molar-refractivity contribution is -0.343. The molecule has 1 fully saturated rings. The van der Waals surface area contributed by atoms with Crippen LogP contribution in [0.1, 0.15) is 214 Å². The van der Waals surface area contributed by atoms with Gasteiger partial charge in [0.1, 0.15) is 0 Å². The third-order valence-corrected chi connectivity index (χ3v) is 9.63. The van der Waals surface area contributed by atoms with Crippen LogP contribution >= 0.6 is 0 Å². The van der Waals surface area contributed by atoms with E-state index in [9.17, 15) is 0 Å². The second-order valence-electron chi connectivity index (χ2n) is 14.5. The van der Waals surface area contributed by atoms with Gasteiger partial charge in [-0.15, -0.1) is 0 Å². The van der Waals surface area contributed by atoms with Crippen LogP contribution in [0.25, 0.3) is 0 Å². The van der Waals surface area contributed by atoms with Crippen molar-refractivity contribution in [3.05, 3.63) is 48.6 Å². The van der Waals surface area contributed by atoms with E-state index in [1.807, 2.05) is 6.92 Å². The van der Waals surface area contributed by atoms with Crippen molar-refractivity contribution in [3.63, 3.8) is 0 Å². The van der Waals surface area contributed by atoms with Crippen LogP contribution in [-0.2, 0) is 14.2 Å². The summed E-state index contributed by atoms with van der Waals surface area (Å²) in [6, 6.07) is 0. The van der Waals surface area contributed by atoms with Gasteiger partial charge in [0, 0.05) is 6.92 Å². The molecule has 1 heterocycles. The summed E-state index contributed by atoms with van der Waals surface area (Å²) < 4.78 is 19.0. The monoisotopic (exact) mass is 671 g/mol. The molecule has 0 amide bonds. The highest BCUT2D eigenvalue weighted by Gasteiger charge is 2.39. The molecule has 2 unspecified atom stereocenters. The van der Waals surface area contributed by atoms with Crippen LogP contribution in [0.3, 0.4) is 0 Å². The lowest BCUT2D eigenvalue weighted by Crippen LogP contribution is -2.35. The van der Waals surface area contributed by atoms with Crippen LogP contribution in [-0.4, -0.2) is 24.8 Å². The van der Waals surface area contributed by atoms with Gasteiger partial charge < -0.3 is 14.2 Å². The van der Waals surface area contributed by atoms with Crippen molar-refractivity contribution < 1.29 is 14.2 Å². The zero-order valence-corrected chi connectivity index (χ0v) is 32.7. The van der Waals surface area contributed by atoms with Crippen molar-refractivity contribution in [2.24, 2.45) is 0 Å². The van der Waals surface area contributed by atoms with Crippen LogP contribution in [0, 0.1) is 0 Å². The highest BCUT2D eigenvalue weighted by Crippen LogP contribution is 2.31. The minimum Gasteiger partial charge on any atom is -0.325 e. The fourth-order valence-electron chi connectivity index (χ4n) is 6.54. The molecule has 0 bridgehead atoms. The molecule has 0 saturated carbocycles. The van der Waals surface area contributed by atoms with E-state index in [1.54, 1.807) is 0 Å². The van der Waals surface area contributed by atoms with Crippen molar-refractivity contribution in [1.82, 2.24) is 0 Å². The van der Waals surface area contributed by atoms with E-state index in [-0.39, 0.29) is 12.2 Å². The summed E-state index contributed by atoms with van der Waals surface area (Å²) in [5.74, 6) is -0.861. The van der Waals surface area contributed by atoms with Crippen molar-refractivity contribution in [2.75, 3.05) is 6.61 Å². The molecule has 0 spiro atoms. The number of ether oxygens (including phenoxy) is 3. The van der Waals surface area contributed by atoms with Gasteiger partial charge in [0.15, 0.2) is 0 Å². The maximum atomic E-state index is 6.59. The standard InChI is InChI=1S/C45H82O3/c1-5-8-11-13-15-17-19-21-23-25-27-29-31-33-35-37-40-43(47-45(4)46-42-44(48-45)39-10-7-3)41-38-36-34-32-30-28-26-24-22-20-18-16-14-12-9-6-2/h15-18,21-24,43-44H,5-14,19-20,25-42H2,1-4H3/b17-15-,18-16-,23-21-,24-22-. The molecule has 1 aliphatic rings. The molecule has 0 aromatic heterocycles. The highest BCUT2D eigenvalue weighted by molar-refractivity contribution is 4.93. The van der Waals surface area contributed by atoms with Crippen molar-refractivity contribution in [2.45, 2.75) is 232 Å². The van der Waals surface area contributed by atoms with Crippen LogP contribution in [0.15, 0.2) is 48.6 Å². The van der Waals surface area contributed by atoms with E-state index in [1.165, 1.54) is 154 Å². The molecule has 1 saturated heterocycles. The summed E-state index contributed by atoms with van der Waals surface area (Å²) in [4.78, 5) is 0. The van der Waals surface area contributed by atoms with E-state index >= 15 is 0 Å².